The van der Waals surface area contributed by atoms with Crippen LogP contribution in [-0.4, -0.2) is 24.5 Å². The number of hydrogen-bond acceptors (Lipinski definition) is 2. The van der Waals surface area contributed by atoms with Gasteiger partial charge in [-0.3, -0.25) is 4.90 Å². The molecule has 0 amide bonds. The molecule has 0 fully saturated rings. The number of nitrogens with zero attached hydrogens (tertiary/aromatic N) is 1. The van der Waals surface area contributed by atoms with E-state index in [0.29, 0.717) is 6.54 Å². The maximum atomic E-state index is 5.41. The number of benzene rings is 1. The van der Waals surface area contributed by atoms with Crippen LogP contribution in [0.25, 0.3) is 6.08 Å². The summed E-state index contributed by atoms with van der Waals surface area (Å²) in [6.45, 7) is 8.23. The summed E-state index contributed by atoms with van der Waals surface area (Å²) in [6.07, 6.45) is 4.03. The Hall–Kier alpha value is -1.12. The highest BCUT2D eigenvalue weighted by molar-refractivity contribution is 5.49. The Labute approximate surface area is 98.8 Å². The van der Waals surface area contributed by atoms with Gasteiger partial charge in [-0.15, -0.1) is 0 Å². The third kappa shape index (κ3) is 4.17. The molecule has 0 saturated heterocycles. The van der Waals surface area contributed by atoms with Crippen LogP contribution in [0.2, 0.25) is 0 Å². The van der Waals surface area contributed by atoms with Gasteiger partial charge in [0.2, 0.25) is 0 Å². The zero-order valence-electron chi connectivity index (χ0n) is 10.3. The van der Waals surface area contributed by atoms with Crippen molar-refractivity contribution in [2.75, 3.05) is 19.6 Å². The van der Waals surface area contributed by atoms with Crippen molar-refractivity contribution in [2.45, 2.75) is 20.4 Å². The second-order valence-electron chi connectivity index (χ2n) is 3.84. The van der Waals surface area contributed by atoms with Crippen LogP contribution in [-0.2, 0) is 6.54 Å². The van der Waals surface area contributed by atoms with Crippen LogP contribution in [0, 0.1) is 0 Å². The molecule has 16 heavy (non-hydrogen) atoms. The zero-order chi connectivity index (χ0) is 11.8. The van der Waals surface area contributed by atoms with E-state index in [1.807, 2.05) is 6.08 Å². The first-order chi connectivity index (χ1) is 7.80. The van der Waals surface area contributed by atoms with Crippen molar-refractivity contribution in [3.63, 3.8) is 0 Å². The van der Waals surface area contributed by atoms with Crippen LogP contribution in [0.1, 0.15) is 25.0 Å². The molecule has 0 aliphatic rings. The molecule has 0 heterocycles. The van der Waals surface area contributed by atoms with Crippen molar-refractivity contribution in [3.05, 3.63) is 41.5 Å². The number of rotatable bonds is 6. The predicted octanol–water partition coefficient (Wildman–Crippen LogP) is 2.50. The van der Waals surface area contributed by atoms with Crippen molar-refractivity contribution in [3.8, 4) is 0 Å². The average Bonchev–Trinajstić information content (AvgIpc) is 2.35. The molecule has 1 rings (SSSR count). The topological polar surface area (TPSA) is 29.3 Å². The maximum Gasteiger partial charge on any atom is 0.0233 e. The minimum Gasteiger partial charge on any atom is -0.327 e. The first kappa shape index (κ1) is 12.9. The van der Waals surface area contributed by atoms with Crippen molar-refractivity contribution in [1.29, 1.82) is 0 Å². The molecule has 0 atom stereocenters. The Kier molecular flexibility index (Phi) is 5.83. The van der Waals surface area contributed by atoms with Gasteiger partial charge in [0.25, 0.3) is 0 Å². The minimum absolute atomic E-state index is 0.598. The summed E-state index contributed by atoms with van der Waals surface area (Å²) in [7, 11) is 0. The summed E-state index contributed by atoms with van der Waals surface area (Å²) >= 11 is 0. The van der Waals surface area contributed by atoms with E-state index in [1.54, 1.807) is 0 Å². The fourth-order valence-corrected chi connectivity index (χ4v) is 1.64. The van der Waals surface area contributed by atoms with Crippen molar-refractivity contribution in [2.24, 2.45) is 5.73 Å². The van der Waals surface area contributed by atoms with E-state index in [1.165, 1.54) is 11.1 Å². The van der Waals surface area contributed by atoms with Crippen molar-refractivity contribution in [1.82, 2.24) is 4.90 Å². The molecule has 88 valence electrons. The van der Waals surface area contributed by atoms with E-state index in [-0.39, 0.29) is 0 Å². The molecule has 1 aromatic rings. The molecule has 2 N–H and O–H groups in total. The van der Waals surface area contributed by atoms with Gasteiger partial charge in [-0.05, 0) is 24.2 Å². The third-order valence-corrected chi connectivity index (χ3v) is 2.73. The summed E-state index contributed by atoms with van der Waals surface area (Å²) in [6, 6.07) is 8.67. The Bertz CT molecular complexity index is 310. The van der Waals surface area contributed by atoms with Crippen molar-refractivity contribution < 1.29 is 0 Å². The lowest BCUT2D eigenvalue weighted by Gasteiger charge is -2.17. The molecule has 0 bridgehead atoms. The van der Waals surface area contributed by atoms with Gasteiger partial charge in [-0.1, -0.05) is 50.3 Å². The summed E-state index contributed by atoms with van der Waals surface area (Å²) < 4.78 is 0. The van der Waals surface area contributed by atoms with Gasteiger partial charge in [0.15, 0.2) is 0 Å². The molecule has 2 nitrogen and oxygen atoms in total. The average molecular weight is 218 g/mol. The van der Waals surface area contributed by atoms with E-state index in [0.717, 1.165) is 19.6 Å². The van der Waals surface area contributed by atoms with Gasteiger partial charge in [-0.25, -0.2) is 0 Å². The lowest BCUT2D eigenvalue weighted by Crippen LogP contribution is -2.21. The maximum absolute atomic E-state index is 5.41. The van der Waals surface area contributed by atoms with E-state index in [9.17, 15) is 0 Å². The highest BCUT2D eigenvalue weighted by Crippen LogP contribution is 2.08. The van der Waals surface area contributed by atoms with E-state index in [4.69, 9.17) is 5.73 Å². The van der Waals surface area contributed by atoms with Gasteiger partial charge >= 0.3 is 0 Å². The van der Waals surface area contributed by atoms with Crippen LogP contribution < -0.4 is 5.73 Å². The normalized spacial score (nSPS) is 11.5. The molecule has 0 saturated carbocycles. The second-order valence-corrected chi connectivity index (χ2v) is 3.84. The van der Waals surface area contributed by atoms with Gasteiger partial charge < -0.3 is 5.73 Å². The summed E-state index contributed by atoms with van der Waals surface area (Å²) in [4.78, 5) is 2.41. The Morgan fingerprint density at radius 1 is 1.12 bits per heavy atom. The van der Waals surface area contributed by atoms with Crippen LogP contribution >= 0.6 is 0 Å². The lowest BCUT2D eigenvalue weighted by atomic mass is 10.1. The van der Waals surface area contributed by atoms with Crippen LogP contribution in [0.3, 0.4) is 0 Å². The first-order valence-corrected chi connectivity index (χ1v) is 5.98. The Morgan fingerprint density at radius 3 is 2.25 bits per heavy atom. The first-order valence-electron chi connectivity index (χ1n) is 5.98. The fraction of sp³-hybridized carbons (Fsp3) is 0.429. The molecule has 0 aromatic heterocycles. The largest absolute Gasteiger partial charge is 0.327 e. The SMILES string of the molecule is CCN(CC)Cc1ccc(/C=C/CN)cc1. The molecule has 2 heteroatoms. The van der Waals surface area contributed by atoms with Crippen molar-refractivity contribution >= 4 is 6.08 Å². The molecule has 0 aliphatic heterocycles. The number of nitrogens with two attached hydrogens (primary N) is 1. The summed E-state index contributed by atoms with van der Waals surface area (Å²) in [5.41, 5.74) is 8.00. The molecular weight excluding hydrogens is 196 g/mol. The quantitative estimate of drug-likeness (QED) is 0.795. The second kappa shape index (κ2) is 7.20. The van der Waals surface area contributed by atoms with Gasteiger partial charge in [0, 0.05) is 13.1 Å². The van der Waals surface area contributed by atoms with Gasteiger partial charge in [0.05, 0.1) is 0 Å². The highest BCUT2D eigenvalue weighted by atomic mass is 15.1. The molecule has 0 aliphatic carbocycles. The van der Waals surface area contributed by atoms with Crippen LogP contribution in [0.5, 0.6) is 0 Å². The Balaban J connectivity index is 2.60. The monoisotopic (exact) mass is 218 g/mol. The Morgan fingerprint density at radius 2 is 1.75 bits per heavy atom. The molecule has 1 aromatic carbocycles. The van der Waals surface area contributed by atoms with E-state index >= 15 is 0 Å². The smallest absolute Gasteiger partial charge is 0.0233 e. The van der Waals surface area contributed by atoms with E-state index < -0.39 is 0 Å². The molecule has 0 radical (unpaired) electrons. The van der Waals surface area contributed by atoms with Gasteiger partial charge in [0.1, 0.15) is 0 Å². The molecule has 0 spiro atoms. The zero-order valence-corrected chi connectivity index (χ0v) is 10.3. The fourth-order valence-electron chi connectivity index (χ4n) is 1.64. The van der Waals surface area contributed by atoms with Gasteiger partial charge in [-0.2, -0.15) is 0 Å². The highest BCUT2D eigenvalue weighted by Gasteiger charge is 2.00. The predicted molar refractivity (Wildman–Crippen MR) is 71.2 cm³/mol. The summed E-state index contributed by atoms with van der Waals surface area (Å²) in [5, 5.41) is 0. The minimum atomic E-state index is 0.598. The lowest BCUT2D eigenvalue weighted by molar-refractivity contribution is 0.296. The van der Waals surface area contributed by atoms with E-state index in [2.05, 4.69) is 49.1 Å². The standard InChI is InChI=1S/C14H22N2/c1-3-16(4-2)12-14-9-7-13(8-10-14)6-5-11-15/h5-10H,3-4,11-12,15H2,1-2H3/b6-5+. The molecular formula is C14H22N2. The number of hydrogen-bond donors (Lipinski definition) is 1. The van der Waals surface area contributed by atoms with Crippen LogP contribution in [0.15, 0.2) is 30.3 Å². The third-order valence-electron chi connectivity index (χ3n) is 2.73. The molecule has 0 unspecified atom stereocenters. The summed E-state index contributed by atoms with van der Waals surface area (Å²) in [5.74, 6) is 0. The van der Waals surface area contributed by atoms with Crippen LogP contribution in [0.4, 0.5) is 0 Å².